The van der Waals surface area contributed by atoms with Gasteiger partial charge in [0.2, 0.25) is 11.8 Å². The summed E-state index contributed by atoms with van der Waals surface area (Å²) in [5.74, 6) is 0.0841. The summed E-state index contributed by atoms with van der Waals surface area (Å²) >= 11 is 0. The maximum absolute atomic E-state index is 15.7. The number of carbonyl (C=O) groups is 4. The molecule has 6 amide bonds. The van der Waals surface area contributed by atoms with E-state index in [4.69, 9.17) is 19.4 Å². The lowest BCUT2D eigenvalue weighted by molar-refractivity contribution is -0.124. The van der Waals surface area contributed by atoms with E-state index in [2.05, 4.69) is 19.8 Å². The van der Waals surface area contributed by atoms with E-state index in [0.717, 1.165) is 37.9 Å². The van der Waals surface area contributed by atoms with E-state index >= 15 is 19.2 Å². The van der Waals surface area contributed by atoms with Crippen molar-refractivity contribution in [2.45, 2.75) is 63.7 Å². The molecule has 8 heterocycles. The van der Waals surface area contributed by atoms with Gasteiger partial charge in [0.05, 0.1) is 37.0 Å². The number of carbonyl (C=O) groups excluding carboxylic acids is 4. The van der Waals surface area contributed by atoms with Gasteiger partial charge in [0, 0.05) is 63.8 Å². The maximum Gasteiger partial charge on any atom is 0.338 e. The van der Waals surface area contributed by atoms with Gasteiger partial charge in [0.1, 0.15) is 22.7 Å². The SMILES string of the molecule is COc1cccc(N2C(=O)N(c3ccc(-c4ccccc4)cc3N3C(=O)N(c4cccc(OC)n4)C4(CCN(Cc5ncccc5C)CC4)C3=O)C(=O)C23CCN(Cc2ncccc2C)CC3)n1. The fourth-order valence-corrected chi connectivity index (χ4v) is 10.2. The fraction of sp³-hybridized carbons (Fsp3) is 0.308. The molecule has 4 fully saturated rings. The van der Waals surface area contributed by atoms with E-state index in [1.807, 2.05) is 74.5 Å². The fourth-order valence-electron chi connectivity index (χ4n) is 10.2. The molecular weight excluding hydrogens is 861 g/mol. The predicted octanol–water partition coefficient (Wildman–Crippen LogP) is 7.58. The minimum absolute atomic E-state index is 0.0938. The molecular formula is C52H52N10O6. The number of rotatable bonds is 11. The van der Waals surface area contributed by atoms with E-state index in [-0.39, 0.29) is 60.5 Å². The number of imide groups is 2. The standard InChI is InChI=1S/C52H52N10O6/c1-35-12-10-26-53-39(35)33-57-28-22-51(23-29-57)47(63)59(49(65)61(51)43-16-8-18-45(55-43)67-3)41-21-20-38(37-14-6-5-7-15-37)32-42(41)60-48(64)52(62(50(60)66)44-17-9-19-46(56-44)68-4)24-30-58(31-25-52)34-40-36(2)13-11-27-54-40/h5-21,26-27,32H,22-25,28-31,33-34H2,1-4H3. The van der Waals surface area contributed by atoms with Gasteiger partial charge in [0.25, 0.3) is 11.8 Å². The molecule has 4 aliphatic rings. The topological polar surface area (TPSA) is 158 Å². The first-order chi connectivity index (χ1) is 33.0. The second kappa shape index (κ2) is 17.9. The number of ether oxygens (including phenoxy) is 2. The molecule has 0 atom stereocenters. The van der Waals surface area contributed by atoms with Gasteiger partial charge in [-0.15, -0.1) is 0 Å². The summed E-state index contributed by atoms with van der Waals surface area (Å²) in [6, 6.07) is 31.6. The first-order valence-corrected chi connectivity index (χ1v) is 22.9. The number of urea groups is 2. The van der Waals surface area contributed by atoms with Gasteiger partial charge in [-0.3, -0.25) is 39.2 Å². The van der Waals surface area contributed by atoms with E-state index in [1.54, 1.807) is 60.9 Å². The van der Waals surface area contributed by atoms with Crippen LogP contribution in [0.2, 0.25) is 0 Å². The molecule has 346 valence electrons. The van der Waals surface area contributed by atoms with Gasteiger partial charge in [-0.2, -0.15) is 9.97 Å². The lowest BCUT2D eigenvalue weighted by Crippen LogP contribution is -2.57. The molecule has 16 nitrogen and oxygen atoms in total. The Morgan fingerprint density at radius 2 is 0.985 bits per heavy atom. The zero-order chi connectivity index (χ0) is 47.2. The van der Waals surface area contributed by atoms with E-state index in [1.165, 1.54) is 24.0 Å². The molecule has 0 saturated carbocycles. The van der Waals surface area contributed by atoms with Crippen molar-refractivity contribution < 1.29 is 28.7 Å². The quantitative estimate of drug-likeness (QED) is 0.118. The Morgan fingerprint density at radius 3 is 1.44 bits per heavy atom. The summed E-state index contributed by atoms with van der Waals surface area (Å²) in [6.07, 6.45) is 4.68. The van der Waals surface area contributed by atoms with Crippen LogP contribution in [-0.2, 0) is 22.7 Å². The Morgan fingerprint density at radius 1 is 0.515 bits per heavy atom. The molecule has 6 aromatic rings. The Kier molecular flexibility index (Phi) is 11.7. The predicted molar refractivity (Wildman–Crippen MR) is 257 cm³/mol. The van der Waals surface area contributed by atoms with Crippen LogP contribution >= 0.6 is 0 Å². The highest BCUT2D eigenvalue weighted by molar-refractivity contribution is 6.35. The zero-order valence-corrected chi connectivity index (χ0v) is 38.5. The van der Waals surface area contributed by atoms with Gasteiger partial charge in [0.15, 0.2) is 0 Å². The molecule has 10 rings (SSSR count). The Labute approximate surface area is 394 Å². The minimum atomic E-state index is -1.37. The van der Waals surface area contributed by atoms with E-state index < -0.39 is 35.0 Å². The van der Waals surface area contributed by atoms with Crippen LogP contribution in [0.3, 0.4) is 0 Å². The number of amides is 6. The molecule has 0 aliphatic carbocycles. The van der Waals surface area contributed by atoms with Crippen molar-refractivity contribution in [3.05, 3.63) is 144 Å². The van der Waals surface area contributed by atoms with Gasteiger partial charge in [-0.05, 0) is 98.2 Å². The minimum Gasteiger partial charge on any atom is -0.481 e. The highest BCUT2D eigenvalue weighted by atomic mass is 16.5. The van der Waals surface area contributed by atoms with Crippen LogP contribution in [0.25, 0.3) is 11.1 Å². The summed E-state index contributed by atoms with van der Waals surface area (Å²) in [5, 5.41) is 0. The first-order valence-electron chi connectivity index (χ1n) is 22.9. The number of methoxy groups -OCH3 is 2. The van der Waals surface area contributed by atoms with Crippen molar-refractivity contribution in [2.24, 2.45) is 0 Å². The average Bonchev–Trinajstić information content (AvgIpc) is 3.71. The Balaban J connectivity index is 1.08. The highest BCUT2D eigenvalue weighted by Crippen LogP contribution is 2.49. The smallest absolute Gasteiger partial charge is 0.338 e. The number of aromatic nitrogens is 4. The number of hydrogen-bond acceptors (Lipinski definition) is 12. The third-order valence-electron chi connectivity index (χ3n) is 14.0. The van der Waals surface area contributed by atoms with Gasteiger partial charge in [-0.1, -0.05) is 60.7 Å². The third kappa shape index (κ3) is 7.58. The normalized spacial score (nSPS) is 18.4. The third-order valence-corrected chi connectivity index (χ3v) is 14.0. The molecule has 68 heavy (non-hydrogen) atoms. The Hall–Kier alpha value is -7.56. The number of aryl methyl sites for hydroxylation is 2. The van der Waals surface area contributed by atoms with Gasteiger partial charge in [-0.25, -0.2) is 19.4 Å². The van der Waals surface area contributed by atoms with Crippen LogP contribution in [0.5, 0.6) is 11.8 Å². The zero-order valence-electron chi connectivity index (χ0n) is 38.5. The van der Waals surface area contributed by atoms with Crippen LogP contribution in [0.15, 0.2) is 122 Å². The van der Waals surface area contributed by atoms with Crippen LogP contribution in [0, 0.1) is 13.8 Å². The number of benzene rings is 2. The summed E-state index contributed by atoms with van der Waals surface area (Å²) < 4.78 is 11.0. The molecule has 0 unspecified atom stereocenters. The van der Waals surface area contributed by atoms with Crippen molar-refractivity contribution in [1.29, 1.82) is 0 Å². The van der Waals surface area contributed by atoms with Crippen molar-refractivity contribution in [2.75, 3.05) is 60.0 Å². The monoisotopic (exact) mass is 912 g/mol. The van der Waals surface area contributed by atoms with Crippen molar-refractivity contribution in [3.8, 4) is 22.9 Å². The molecule has 0 radical (unpaired) electrons. The molecule has 0 N–H and O–H groups in total. The van der Waals surface area contributed by atoms with Gasteiger partial charge < -0.3 is 9.47 Å². The largest absolute Gasteiger partial charge is 0.481 e. The molecule has 16 heteroatoms. The highest BCUT2D eigenvalue weighted by Gasteiger charge is 2.63. The number of anilines is 4. The van der Waals surface area contributed by atoms with Crippen LogP contribution in [0.4, 0.5) is 32.6 Å². The molecule has 4 aliphatic heterocycles. The van der Waals surface area contributed by atoms with Crippen molar-refractivity contribution >= 4 is 46.9 Å². The summed E-state index contributed by atoms with van der Waals surface area (Å²) in [5.41, 5.74) is 2.96. The van der Waals surface area contributed by atoms with Crippen LogP contribution < -0.4 is 29.1 Å². The number of likely N-dealkylation sites (tertiary alicyclic amines) is 2. The lowest BCUT2D eigenvalue weighted by atomic mass is 9.85. The molecule has 4 saturated heterocycles. The summed E-state index contributed by atoms with van der Waals surface area (Å²) in [4.78, 5) is 90.7. The Bertz CT molecular complexity index is 2920. The van der Waals surface area contributed by atoms with Crippen LogP contribution in [0.1, 0.15) is 48.2 Å². The number of pyridine rings is 4. The van der Waals surface area contributed by atoms with Crippen molar-refractivity contribution in [1.82, 2.24) is 29.7 Å². The summed E-state index contributed by atoms with van der Waals surface area (Å²) in [6.45, 7) is 7.13. The van der Waals surface area contributed by atoms with E-state index in [9.17, 15) is 0 Å². The molecule has 0 bridgehead atoms. The van der Waals surface area contributed by atoms with Gasteiger partial charge >= 0.3 is 12.1 Å². The van der Waals surface area contributed by atoms with Crippen molar-refractivity contribution in [3.63, 3.8) is 0 Å². The molecule has 2 aromatic carbocycles. The van der Waals surface area contributed by atoms with E-state index in [0.29, 0.717) is 44.8 Å². The molecule has 4 aromatic heterocycles. The number of nitrogens with zero attached hydrogens (tertiary/aromatic N) is 10. The maximum atomic E-state index is 15.7. The first kappa shape index (κ1) is 44.3. The number of hydrogen-bond donors (Lipinski definition) is 0. The second-order valence-electron chi connectivity index (χ2n) is 17.8. The number of piperidine rings is 2. The average molecular weight is 913 g/mol. The molecule has 2 spiro atoms. The van der Waals surface area contributed by atoms with Crippen LogP contribution in [-0.4, -0.2) is 105 Å². The summed E-state index contributed by atoms with van der Waals surface area (Å²) in [7, 11) is 2.99. The second-order valence-corrected chi connectivity index (χ2v) is 17.8. The lowest BCUT2D eigenvalue weighted by Gasteiger charge is -2.41.